The molecule has 0 bridgehead atoms. The van der Waals surface area contributed by atoms with Crippen molar-refractivity contribution in [3.8, 4) is 0 Å². The van der Waals surface area contributed by atoms with Crippen molar-refractivity contribution in [1.82, 2.24) is 5.32 Å². The zero-order valence-corrected chi connectivity index (χ0v) is 16.8. The zero-order valence-electron chi connectivity index (χ0n) is 16.8. The molecule has 4 nitrogen and oxygen atoms in total. The summed E-state index contributed by atoms with van der Waals surface area (Å²) in [6, 6.07) is 0.837. The maximum absolute atomic E-state index is 12.8. The Morgan fingerprint density at radius 2 is 1.60 bits per heavy atom. The van der Waals surface area contributed by atoms with Crippen LogP contribution in [0.4, 0.5) is 0 Å². The second-order valence-corrected chi connectivity index (χ2v) is 8.78. The summed E-state index contributed by atoms with van der Waals surface area (Å²) in [5.41, 5.74) is -0.453. The monoisotopic (exact) mass is 350 g/mol. The number of nitrogens with one attached hydrogen (secondary N) is 1. The third-order valence-electron chi connectivity index (χ3n) is 5.28. The van der Waals surface area contributed by atoms with Crippen molar-refractivity contribution in [2.24, 2.45) is 10.9 Å². The van der Waals surface area contributed by atoms with Crippen LogP contribution in [0.2, 0.25) is 0 Å². The molecular weight excluding hydrogens is 312 g/mol. The van der Waals surface area contributed by atoms with Gasteiger partial charge in [0, 0.05) is 6.04 Å². The van der Waals surface area contributed by atoms with Gasteiger partial charge in [-0.2, -0.15) is 0 Å². The number of hydrogen-bond acceptors (Lipinski definition) is 3. The Bertz CT molecular complexity index is 441. The van der Waals surface area contributed by atoms with Crippen molar-refractivity contribution < 1.29 is 9.53 Å². The van der Waals surface area contributed by atoms with Gasteiger partial charge in [-0.05, 0) is 52.9 Å². The van der Waals surface area contributed by atoms with Crippen LogP contribution in [0.25, 0.3) is 0 Å². The predicted molar refractivity (Wildman–Crippen MR) is 104 cm³/mol. The van der Waals surface area contributed by atoms with Gasteiger partial charge in [-0.25, -0.2) is 0 Å². The largest absolute Gasteiger partial charge is 0.459 e. The molecule has 0 saturated heterocycles. The first-order valence-electron chi connectivity index (χ1n) is 10.5. The molecular formula is C21H38N2O2. The lowest BCUT2D eigenvalue weighted by Crippen LogP contribution is -2.44. The van der Waals surface area contributed by atoms with E-state index in [1.54, 1.807) is 0 Å². The molecule has 2 rings (SSSR count). The number of carbonyl (C=O) groups is 1. The minimum absolute atomic E-state index is 0.132. The van der Waals surface area contributed by atoms with E-state index < -0.39 is 5.60 Å². The summed E-state index contributed by atoms with van der Waals surface area (Å²) in [6.07, 6.45) is 13.1. The van der Waals surface area contributed by atoms with Crippen LogP contribution in [0.1, 0.15) is 98.3 Å². The average Bonchev–Trinajstić information content (AvgIpc) is 2.55. The van der Waals surface area contributed by atoms with Crippen LogP contribution in [0.5, 0.6) is 0 Å². The van der Waals surface area contributed by atoms with Crippen LogP contribution in [-0.4, -0.2) is 29.5 Å². The molecule has 0 aromatic carbocycles. The lowest BCUT2D eigenvalue weighted by Gasteiger charge is -2.30. The van der Waals surface area contributed by atoms with Gasteiger partial charge in [0.2, 0.25) is 0 Å². The highest BCUT2D eigenvalue weighted by Crippen LogP contribution is 2.24. The molecule has 144 valence electrons. The van der Waals surface area contributed by atoms with Crippen molar-refractivity contribution >= 4 is 11.8 Å². The quantitative estimate of drug-likeness (QED) is 0.431. The minimum atomic E-state index is -0.453. The first-order chi connectivity index (χ1) is 11.9. The standard InChI is InChI=1S/C21H38N2O2/c1-5-18(20(24)25-21(2,3)4)19(22-16-12-8-6-9-13-16)23-17-14-10-7-11-15-17/h16-18H,5-15H2,1-4H3,(H,22,23). The van der Waals surface area contributed by atoms with Crippen molar-refractivity contribution in [2.45, 2.75) is 116 Å². The van der Waals surface area contributed by atoms with Gasteiger partial charge in [0.1, 0.15) is 17.4 Å². The highest BCUT2D eigenvalue weighted by atomic mass is 16.6. The number of aliphatic imine (C=N–C) groups is 1. The van der Waals surface area contributed by atoms with E-state index in [9.17, 15) is 4.79 Å². The van der Waals surface area contributed by atoms with Gasteiger partial charge < -0.3 is 10.1 Å². The van der Waals surface area contributed by atoms with E-state index in [1.165, 1.54) is 51.4 Å². The van der Waals surface area contributed by atoms with E-state index in [2.05, 4.69) is 12.2 Å². The van der Waals surface area contributed by atoms with Crippen molar-refractivity contribution in [2.75, 3.05) is 0 Å². The number of nitrogens with zero attached hydrogens (tertiary/aromatic N) is 1. The molecule has 0 amide bonds. The average molecular weight is 351 g/mol. The summed E-state index contributed by atoms with van der Waals surface area (Å²) >= 11 is 0. The normalized spacial score (nSPS) is 22.5. The molecule has 0 aromatic heterocycles. The maximum atomic E-state index is 12.8. The summed E-state index contributed by atoms with van der Waals surface area (Å²) in [6.45, 7) is 7.87. The van der Waals surface area contributed by atoms with Gasteiger partial charge in [-0.1, -0.05) is 45.4 Å². The molecule has 0 heterocycles. The fraction of sp³-hybridized carbons (Fsp3) is 0.905. The zero-order chi connectivity index (χ0) is 18.3. The molecule has 2 saturated carbocycles. The Morgan fingerprint density at radius 1 is 1.04 bits per heavy atom. The van der Waals surface area contributed by atoms with Gasteiger partial charge in [0.15, 0.2) is 0 Å². The van der Waals surface area contributed by atoms with Crippen molar-refractivity contribution in [3.63, 3.8) is 0 Å². The van der Waals surface area contributed by atoms with Crippen LogP contribution in [0.15, 0.2) is 4.99 Å². The topological polar surface area (TPSA) is 50.7 Å². The van der Waals surface area contributed by atoms with E-state index in [4.69, 9.17) is 9.73 Å². The predicted octanol–water partition coefficient (Wildman–Crippen LogP) is 5.01. The highest BCUT2D eigenvalue weighted by molar-refractivity contribution is 6.01. The fourth-order valence-electron chi connectivity index (χ4n) is 3.94. The van der Waals surface area contributed by atoms with Crippen LogP contribution in [0, 0.1) is 5.92 Å². The van der Waals surface area contributed by atoms with E-state index in [0.29, 0.717) is 12.1 Å². The smallest absolute Gasteiger partial charge is 0.317 e. The number of amidine groups is 1. The molecule has 2 aliphatic rings. The molecule has 0 aliphatic heterocycles. The number of ether oxygens (including phenoxy) is 1. The SMILES string of the molecule is CCC(C(=O)OC(C)(C)C)C(=NC1CCCCC1)NC1CCCCC1. The van der Waals surface area contributed by atoms with Gasteiger partial charge in [-0.15, -0.1) is 0 Å². The van der Waals surface area contributed by atoms with Crippen LogP contribution in [-0.2, 0) is 9.53 Å². The number of rotatable bonds is 5. The van der Waals surface area contributed by atoms with E-state index >= 15 is 0 Å². The molecule has 4 heteroatoms. The summed E-state index contributed by atoms with van der Waals surface area (Å²) in [7, 11) is 0. The van der Waals surface area contributed by atoms with Gasteiger partial charge in [0.25, 0.3) is 0 Å². The molecule has 2 fully saturated rings. The number of esters is 1. The van der Waals surface area contributed by atoms with Crippen molar-refractivity contribution in [1.29, 1.82) is 0 Å². The third kappa shape index (κ3) is 6.99. The van der Waals surface area contributed by atoms with E-state index in [0.717, 1.165) is 25.1 Å². The van der Waals surface area contributed by atoms with E-state index in [-0.39, 0.29) is 11.9 Å². The molecule has 2 aliphatic carbocycles. The summed E-state index contributed by atoms with van der Waals surface area (Å²) < 4.78 is 5.69. The Balaban J connectivity index is 2.14. The molecule has 0 spiro atoms. The highest BCUT2D eigenvalue weighted by Gasteiger charge is 2.30. The van der Waals surface area contributed by atoms with Gasteiger partial charge in [-0.3, -0.25) is 9.79 Å². The number of hydrogen-bond donors (Lipinski definition) is 1. The third-order valence-corrected chi connectivity index (χ3v) is 5.28. The lowest BCUT2D eigenvalue weighted by molar-refractivity contribution is -0.157. The Morgan fingerprint density at radius 3 is 2.12 bits per heavy atom. The first-order valence-corrected chi connectivity index (χ1v) is 10.5. The molecule has 25 heavy (non-hydrogen) atoms. The van der Waals surface area contributed by atoms with Gasteiger partial charge in [0.05, 0.1) is 6.04 Å². The van der Waals surface area contributed by atoms with E-state index in [1.807, 2.05) is 20.8 Å². The second kappa shape index (κ2) is 9.59. The lowest BCUT2D eigenvalue weighted by atomic mass is 9.93. The molecule has 0 aromatic rings. The first kappa shape index (κ1) is 20.3. The van der Waals surface area contributed by atoms with Gasteiger partial charge >= 0.3 is 5.97 Å². The summed E-state index contributed by atoms with van der Waals surface area (Å²) in [5, 5.41) is 3.67. The second-order valence-electron chi connectivity index (χ2n) is 8.78. The maximum Gasteiger partial charge on any atom is 0.317 e. The van der Waals surface area contributed by atoms with Crippen LogP contribution in [0.3, 0.4) is 0 Å². The summed E-state index contributed by atoms with van der Waals surface area (Å²) in [5.74, 6) is 0.506. The molecule has 1 atom stereocenters. The Labute approximate surface area is 154 Å². The minimum Gasteiger partial charge on any atom is -0.459 e. The summed E-state index contributed by atoms with van der Waals surface area (Å²) in [4.78, 5) is 17.8. The Kier molecular flexibility index (Phi) is 7.77. The molecule has 1 unspecified atom stereocenters. The Hall–Kier alpha value is -1.06. The van der Waals surface area contributed by atoms with Crippen LogP contribution >= 0.6 is 0 Å². The van der Waals surface area contributed by atoms with Crippen molar-refractivity contribution in [3.05, 3.63) is 0 Å². The number of carbonyl (C=O) groups excluding carboxylic acids is 1. The fourth-order valence-corrected chi connectivity index (χ4v) is 3.94. The molecule has 0 radical (unpaired) electrons. The molecule has 1 N–H and O–H groups in total. The van der Waals surface area contributed by atoms with Crippen LogP contribution < -0.4 is 5.32 Å².